The van der Waals surface area contributed by atoms with Crippen LogP contribution >= 0.6 is 0 Å². The minimum Gasteiger partial charge on any atom is -0.484 e. The fourth-order valence-corrected chi connectivity index (χ4v) is 7.24. The summed E-state index contributed by atoms with van der Waals surface area (Å²) in [7, 11) is -4.01. The van der Waals surface area contributed by atoms with Crippen molar-refractivity contribution in [2.75, 3.05) is 32.8 Å². The zero-order chi connectivity index (χ0) is 24.6. The summed E-state index contributed by atoms with van der Waals surface area (Å²) in [6, 6.07) is 6.85. The summed E-state index contributed by atoms with van der Waals surface area (Å²) in [5.74, 6) is -0.711. The third-order valence-electron chi connectivity index (χ3n) is 7.23. The molecule has 190 valence electrons. The van der Waals surface area contributed by atoms with Crippen molar-refractivity contribution in [2.24, 2.45) is 0 Å². The largest absolute Gasteiger partial charge is 0.484 e. The van der Waals surface area contributed by atoms with E-state index in [1.54, 1.807) is 17.6 Å². The van der Waals surface area contributed by atoms with Crippen molar-refractivity contribution >= 4 is 15.9 Å². The van der Waals surface area contributed by atoms with Gasteiger partial charge >= 0.3 is 6.18 Å². The number of piperidine rings is 2. The number of hydrogen-bond donors (Lipinski definition) is 2. The van der Waals surface area contributed by atoms with Gasteiger partial charge in [-0.3, -0.25) is 10.0 Å². The van der Waals surface area contributed by atoms with Crippen molar-refractivity contribution in [3.63, 3.8) is 0 Å². The molecule has 1 aromatic rings. The lowest BCUT2D eigenvalue weighted by Crippen LogP contribution is -2.62. The van der Waals surface area contributed by atoms with Gasteiger partial charge in [0.15, 0.2) is 11.4 Å². The topological polar surface area (TPSA) is 99.2 Å². The first-order valence-electron chi connectivity index (χ1n) is 11.5. The first kappa shape index (κ1) is 25.2. The first-order valence-corrected chi connectivity index (χ1v) is 13.0. The van der Waals surface area contributed by atoms with E-state index in [-0.39, 0.29) is 37.6 Å². The third kappa shape index (κ3) is 5.19. The quantitative estimate of drug-likeness (QED) is 0.437. The Balaban J connectivity index is 1.39. The minimum atomic E-state index is -4.41. The van der Waals surface area contributed by atoms with Gasteiger partial charge in [0.2, 0.25) is 10.0 Å². The van der Waals surface area contributed by atoms with Gasteiger partial charge in [0.1, 0.15) is 5.75 Å². The number of hydrogen-bond acceptors (Lipinski definition) is 6. The van der Waals surface area contributed by atoms with Crippen LogP contribution in [0, 0.1) is 0 Å². The van der Waals surface area contributed by atoms with E-state index in [0.29, 0.717) is 32.0 Å². The monoisotopic (exact) mass is 505 g/mol. The van der Waals surface area contributed by atoms with Crippen LogP contribution in [0.15, 0.2) is 24.3 Å². The maximum atomic E-state index is 13.6. The van der Waals surface area contributed by atoms with Gasteiger partial charge < -0.3 is 9.64 Å². The molecule has 3 fully saturated rings. The number of amides is 1. The van der Waals surface area contributed by atoms with Gasteiger partial charge in [0.25, 0.3) is 5.91 Å². The van der Waals surface area contributed by atoms with Crippen LogP contribution in [0.25, 0.3) is 0 Å². The van der Waals surface area contributed by atoms with Crippen LogP contribution in [0.4, 0.5) is 13.2 Å². The zero-order valence-electron chi connectivity index (χ0n) is 18.8. The standard InChI is InChI=1S/C22H30F3N3O5S/c23-22(24,25)15-33-19-5-1-16(2-6-19)17-7-11-28(12-8-17)34(31,32)21(20(29)26-30)9-13-27(14-10-21)18-3-4-18/h1-2,5-6,17-18,30H,3-4,7-15H2,(H,26,29). The van der Waals surface area contributed by atoms with E-state index in [1.165, 1.54) is 16.4 Å². The van der Waals surface area contributed by atoms with E-state index in [0.717, 1.165) is 18.4 Å². The molecule has 4 rings (SSSR count). The molecule has 34 heavy (non-hydrogen) atoms. The molecule has 3 aliphatic rings. The number of rotatable bonds is 7. The number of likely N-dealkylation sites (tertiary alicyclic amines) is 1. The van der Waals surface area contributed by atoms with Crippen LogP contribution < -0.4 is 10.2 Å². The number of sulfonamides is 1. The van der Waals surface area contributed by atoms with Crippen molar-refractivity contribution in [1.29, 1.82) is 0 Å². The Morgan fingerprint density at radius 1 is 1.06 bits per heavy atom. The normalized spacial score (nSPS) is 22.9. The molecule has 8 nitrogen and oxygen atoms in total. The number of carbonyl (C=O) groups is 1. The van der Waals surface area contributed by atoms with Crippen LogP contribution in [0.2, 0.25) is 0 Å². The number of ether oxygens (including phenoxy) is 1. The molecular weight excluding hydrogens is 475 g/mol. The van der Waals surface area contributed by atoms with Gasteiger partial charge in [-0.2, -0.15) is 13.2 Å². The summed E-state index contributed by atoms with van der Waals surface area (Å²) in [4.78, 5) is 14.9. The van der Waals surface area contributed by atoms with E-state index < -0.39 is 33.5 Å². The van der Waals surface area contributed by atoms with E-state index in [4.69, 9.17) is 4.74 Å². The molecule has 2 aliphatic heterocycles. The molecule has 0 bridgehead atoms. The van der Waals surface area contributed by atoms with Crippen molar-refractivity contribution in [2.45, 2.75) is 61.4 Å². The Hall–Kier alpha value is -1.89. The molecule has 0 spiro atoms. The lowest BCUT2D eigenvalue weighted by Gasteiger charge is -2.43. The fourth-order valence-electron chi connectivity index (χ4n) is 5.07. The molecule has 0 atom stereocenters. The van der Waals surface area contributed by atoms with Crippen LogP contribution in [-0.4, -0.2) is 78.5 Å². The number of nitrogens with one attached hydrogen (secondary N) is 1. The van der Waals surface area contributed by atoms with Crippen LogP contribution in [0.3, 0.4) is 0 Å². The highest BCUT2D eigenvalue weighted by Gasteiger charge is 2.55. The first-order chi connectivity index (χ1) is 16.1. The Kier molecular flexibility index (Phi) is 7.14. The molecule has 1 saturated carbocycles. The van der Waals surface area contributed by atoms with Crippen LogP contribution in [-0.2, 0) is 14.8 Å². The number of carbonyl (C=O) groups excluding carboxylic acids is 1. The average Bonchev–Trinajstić information content (AvgIpc) is 3.68. The molecule has 12 heteroatoms. The predicted molar refractivity (Wildman–Crippen MR) is 117 cm³/mol. The van der Waals surface area contributed by atoms with Crippen molar-refractivity contribution in [1.82, 2.24) is 14.7 Å². The van der Waals surface area contributed by atoms with Crippen molar-refractivity contribution < 1.29 is 36.3 Å². The van der Waals surface area contributed by atoms with Gasteiger partial charge in [-0.25, -0.2) is 18.2 Å². The lowest BCUT2D eigenvalue weighted by molar-refractivity contribution is -0.153. The molecular formula is C22H30F3N3O5S. The number of halogens is 3. The van der Waals surface area contributed by atoms with Crippen molar-refractivity contribution in [3.05, 3.63) is 29.8 Å². The average molecular weight is 506 g/mol. The summed E-state index contributed by atoms with van der Waals surface area (Å²) < 4.78 is 68.6. The molecule has 2 N–H and O–H groups in total. The number of nitrogens with zero attached hydrogens (tertiary/aromatic N) is 2. The smallest absolute Gasteiger partial charge is 0.422 e. The second kappa shape index (κ2) is 9.63. The lowest BCUT2D eigenvalue weighted by atomic mass is 9.90. The van der Waals surface area contributed by atoms with Gasteiger partial charge in [-0.15, -0.1) is 0 Å². The minimum absolute atomic E-state index is 0.0439. The molecule has 1 aliphatic carbocycles. The number of alkyl halides is 3. The van der Waals surface area contributed by atoms with Crippen LogP contribution in [0.1, 0.15) is 50.0 Å². The SMILES string of the molecule is O=C(NO)C1(S(=O)(=O)N2CCC(c3ccc(OCC(F)(F)F)cc3)CC2)CCN(C2CC2)CC1. The molecule has 2 saturated heterocycles. The number of benzene rings is 1. The highest BCUT2D eigenvalue weighted by molar-refractivity contribution is 7.91. The van der Waals surface area contributed by atoms with E-state index in [1.807, 2.05) is 0 Å². The fraction of sp³-hybridized carbons (Fsp3) is 0.682. The summed E-state index contributed by atoms with van der Waals surface area (Å²) in [6.45, 7) is 0.0928. The summed E-state index contributed by atoms with van der Waals surface area (Å²) in [5.41, 5.74) is 2.49. The second-order valence-corrected chi connectivity index (χ2v) is 11.6. The summed E-state index contributed by atoms with van der Waals surface area (Å²) in [6.07, 6.45) is -0.908. The predicted octanol–water partition coefficient (Wildman–Crippen LogP) is 2.64. The molecule has 0 unspecified atom stereocenters. The summed E-state index contributed by atoms with van der Waals surface area (Å²) >= 11 is 0. The Labute approximate surface area is 197 Å². The van der Waals surface area contributed by atoms with Crippen molar-refractivity contribution in [3.8, 4) is 5.75 Å². The molecule has 0 aromatic heterocycles. The Morgan fingerprint density at radius 3 is 2.15 bits per heavy atom. The third-order valence-corrected chi connectivity index (χ3v) is 9.85. The van der Waals surface area contributed by atoms with E-state index in [9.17, 15) is 31.6 Å². The Morgan fingerprint density at radius 2 is 1.65 bits per heavy atom. The molecule has 2 heterocycles. The highest BCUT2D eigenvalue weighted by atomic mass is 32.2. The Bertz CT molecular complexity index is 966. The zero-order valence-corrected chi connectivity index (χ0v) is 19.6. The molecule has 1 aromatic carbocycles. The second-order valence-electron chi connectivity index (χ2n) is 9.35. The van der Waals surface area contributed by atoms with E-state index >= 15 is 0 Å². The maximum absolute atomic E-state index is 13.6. The summed E-state index contributed by atoms with van der Waals surface area (Å²) in [5, 5.41) is 9.33. The molecule has 1 amide bonds. The molecule has 0 radical (unpaired) electrons. The highest BCUT2D eigenvalue weighted by Crippen LogP contribution is 2.40. The van der Waals surface area contributed by atoms with Gasteiger partial charge in [-0.05, 0) is 62.1 Å². The maximum Gasteiger partial charge on any atom is 0.422 e. The van der Waals surface area contributed by atoms with Gasteiger partial charge in [0, 0.05) is 32.2 Å². The van der Waals surface area contributed by atoms with Gasteiger partial charge in [0.05, 0.1) is 0 Å². The van der Waals surface area contributed by atoms with Crippen LogP contribution in [0.5, 0.6) is 5.75 Å². The van der Waals surface area contributed by atoms with E-state index in [2.05, 4.69) is 4.90 Å². The number of hydroxylamine groups is 1. The van der Waals surface area contributed by atoms with Gasteiger partial charge in [-0.1, -0.05) is 12.1 Å².